The molecule has 0 aliphatic rings. The number of hydrogen-bond acceptors (Lipinski definition) is 3. The Kier molecular flexibility index (Phi) is 4.15. The topological polar surface area (TPSA) is 54.5 Å². The van der Waals surface area contributed by atoms with Crippen molar-refractivity contribution in [3.05, 3.63) is 0 Å². The van der Waals surface area contributed by atoms with E-state index in [4.69, 9.17) is 0 Å². The predicted octanol–water partition coefficient (Wildman–Crippen LogP) is 0.440. The van der Waals surface area contributed by atoms with Crippen molar-refractivity contribution < 1.29 is 26.4 Å². The van der Waals surface area contributed by atoms with Crippen LogP contribution in [0.2, 0.25) is 0 Å². The molecule has 0 aromatic heterocycles. The second-order valence-electron chi connectivity index (χ2n) is 3.28. The standard InChI is InChI=1S/C7H12F3NO3S/c1-5(15(3,13)14)6(12)11(2)4-7(8,9)10/h5H,4H2,1-3H3. The first-order valence-corrected chi connectivity index (χ1v) is 5.91. The Morgan fingerprint density at radius 3 is 2.07 bits per heavy atom. The summed E-state index contributed by atoms with van der Waals surface area (Å²) in [5.74, 6) is -1.06. The number of nitrogens with zero attached hydrogens (tertiary/aromatic N) is 1. The molecule has 0 aromatic carbocycles. The molecule has 0 saturated heterocycles. The zero-order chi connectivity index (χ0) is 12.4. The van der Waals surface area contributed by atoms with Crippen LogP contribution in [0.1, 0.15) is 6.92 Å². The summed E-state index contributed by atoms with van der Waals surface area (Å²) in [4.78, 5) is 11.6. The molecule has 0 saturated carbocycles. The van der Waals surface area contributed by atoms with Crippen molar-refractivity contribution in [3.8, 4) is 0 Å². The minimum absolute atomic E-state index is 0.353. The van der Waals surface area contributed by atoms with Gasteiger partial charge in [0.2, 0.25) is 5.91 Å². The minimum atomic E-state index is -4.53. The van der Waals surface area contributed by atoms with Crippen molar-refractivity contribution in [1.29, 1.82) is 0 Å². The van der Waals surface area contributed by atoms with Gasteiger partial charge in [0.05, 0.1) is 0 Å². The van der Waals surface area contributed by atoms with E-state index in [-0.39, 0.29) is 0 Å². The maximum Gasteiger partial charge on any atom is 0.406 e. The van der Waals surface area contributed by atoms with E-state index in [1.54, 1.807) is 0 Å². The van der Waals surface area contributed by atoms with Gasteiger partial charge in [-0.2, -0.15) is 13.2 Å². The third-order valence-electron chi connectivity index (χ3n) is 1.78. The Labute approximate surface area is 86.0 Å². The van der Waals surface area contributed by atoms with Crippen LogP contribution in [-0.4, -0.2) is 50.5 Å². The van der Waals surface area contributed by atoms with E-state index in [1.165, 1.54) is 0 Å². The van der Waals surface area contributed by atoms with Crippen LogP contribution in [0.3, 0.4) is 0 Å². The molecule has 0 N–H and O–H groups in total. The first-order chi connectivity index (χ1) is 6.45. The van der Waals surface area contributed by atoms with Gasteiger partial charge in [-0.05, 0) is 6.92 Å². The van der Waals surface area contributed by atoms with Gasteiger partial charge in [0.15, 0.2) is 9.84 Å². The summed E-state index contributed by atoms with van der Waals surface area (Å²) in [6, 6.07) is 0. The lowest BCUT2D eigenvalue weighted by Gasteiger charge is -2.21. The smallest absolute Gasteiger partial charge is 0.336 e. The minimum Gasteiger partial charge on any atom is -0.336 e. The Bertz CT molecular complexity index is 336. The summed E-state index contributed by atoms with van der Waals surface area (Å²) in [5.41, 5.74) is 0. The van der Waals surface area contributed by atoms with Crippen LogP contribution in [-0.2, 0) is 14.6 Å². The summed E-state index contributed by atoms with van der Waals surface area (Å²) < 4.78 is 57.5. The van der Waals surface area contributed by atoms with E-state index in [0.717, 1.165) is 20.2 Å². The van der Waals surface area contributed by atoms with Gasteiger partial charge >= 0.3 is 6.18 Å². The number of halogens is 3. The zero-order valence-electron chi connectivity index (χ0n) is 8.50. The molecule has 0 fully saturated rings. The molecule has 0 aliphatic heterocycles. The van der Waals surface area contributed by atoms with Crippen molar-refractivity contribution in [2.75, 3.05) is 19.8 Å². The van der Waals surface area contributed by atoms with E-state index in [0.29, 0.717) is 4.90 Å². The Hall–Kier alpha value is -0.790. The van der Waals surface area contributed by atoms with Crippen LogP contribution in [0.15, 0.2) is 0 Å². The molecule has 8 heteroatoms. The zero-order valence-corrected chi connectivity index (χ0v) is 9.32. The number of sulfone groups is 1. The first kappa shape index (κ1) is 14.2. The van der Waals surface area contributed by atoms with E-state index >= 15 is 0 Å². The van der Waals surface area contributed by atoms with Crippen LogP contribution in [0, 0.1) is 0 Å². The summed E-state index contributed by atoms with van der Waals surface area (Å²) in [5, 5.41) is -1.45. The van der Waals surface area contributed by atoms with Crippen molar-refractivity contribution in [3.63, 3.8) is 0 Å². The van der Waals surface area contributed by atoms with Gasteiger partial charge in [0.1, 0.15) is 11.8 Å². The molecule has 0 rings (SSSR count). The molecule has 0 radical (unpaired) electrons. The molecule has 15 heavy (non-hydrogen) atoms. The number of amides is 1. The molecule has 1 amide bonds. The third-order valence-corrected chi connectivity index (χ3v) is 3.27. The molecule has 0 spiro atoms. The van der Waals surface area contributed by atoms with Gasteiger partial charge in [0, 0.05) is 13.3 Å². The fourth-order valence-electron chi connectivity index (χ4n) is 0.840. The SMILES string of the molecule is CC(C(=O)N(C)CC(F)(F)F)S(C)(=O)=O. The number of alkyl halides is 3. The van der Waals surface area contributed by atoms with Crippen LogP contribution < -0.4 is 0 Å². The quantitative estimate of drug-likeness (QED) is 0.727. The third kappa shape index (κ3) is 5.01. The Morgan fingerprint density at radius 2 is 1.80 bits per heavy atom. The van der Waals surface area contributed by atoms with E-state index in [2.05, 4.69) is 0 Å². The molecule has 1 atom stereocenters. The molecule has 90 valence electrons. The van der Waals surface area contributed by atoms with Crippen LogP contribution >= 0.6 is 0 Å². The number of hydrogen-bond donors (Lipinski definition) is 0. The van der Waals surface area contributed by atoms with Crippen molar-refractivity contribution >= 4 is 15.7 Å². The van der Waals surface area contributed by atoms with Gasteiger partial charge in [-0.3, -0.25) is 4.79 Å². The van der Waals surface area contributed by atoms with Crippen molar-refractivity contribution in [2.45, 2.75) is 18.3 Å². The van der Waals surface area contributed by atoms with E-state index in [9.17, 15) is 26.4 Å². The predicted molar refractivity (Wildman–Crippen MR) is 48.0 cm³/mol. The number of carbonyl (C=O) groups is 1. The van der Waals surface area contributed by atoms with Crippen molar-refractivity contribution in [2.24, 2.45) is 0 Å². The maximum absolute atomic E-state index is 11.9. The Balaban J connectivity index is 4.61. The fraction of sp³-hybridized carbons (Fsp3) is 0.857. The van der Waals surface area contributed by atoms with E-state index < -0.39 is 33.7 Å². The van der Waals surface area contributed by atoms with Crippen LogP contribution in [0.4, 0.5) is 13.2 Å². The average Bonchev–Trinajstić information content (AvgIpc) is 1.96. The molecule has 1 unspecified atom stereocenters. The van der Waals surface area contributed by atoms with Crippen LogP contribution in [0.25, 0.3) is 0 Å². The van der Waals surface area contributed by atoms with Crippen LogP contribution in [0.5, 0.6) is 0 Å². The van der Waals surface area contributed by atoms with Gasteiger partial charge in [-0.1, -0.05) is 0 Å². The lowest BCUT2D eigenvalue weighted by Crippen LogP contribution is -2.43. The molecule has 0 aliphatic carbocycles. The first-order valence-electron chi connectivity index (χ1n) is 3.95. The van der Waals surface area contributed by atoms with Gasteiger partial charge < -0.3 is 4.90 Å². The number of carbonyl (C=O) groups excluding carboxylic acids is 1. The second-order valence-corrected chi connectivity index (χ2v) is 5.65. The highest BCUT2D eigenvalue weighted by Gasteiger charge is 2.34. The van der Waals surface area contributed by atoms with Crippen molar-refractivity contribution in [1.82, 2.24) is 4.90 Å². The second kappa shape index (κ2) is 4.38. The largest absolute Gasteiger partial charge is 0.406 e. The summed E-state index contributed by atoms with van der Waals surface area (Å²) in [6.45, 7) is -0.393. The lowest BCUT2D eigenvalue weighted by atomic mass is 10.4. The molecule has 4 nitrogen and oxygen atoms in total. The van der Waals surface area contributed by atoms with Gasteiger partial charge in [0.25, 0.3) is 0 Å². The molecule has 0 heterocycles. The summed E-state index contributed by atoms with van der Waals surface area (Å²) in [7, 11) is -2.75. The van der Waals surface area contributed by atoms with Gasteiger partial charge in [-0.25, -0.2) is 8.42 Å². The number of rotatable bonds is 3. The monoisotopic (exact) mass is 247 g/mol. The van der Waals surface area contributed by atoms with Gasteiger partial charge in [-0.15, -0.1) is 0 Å². The highest BCUT2D eigenvalue weighted by atomic mass is 32.2. The molecular formula is C7H12F3NO3S. The van der Waals surface area contributed by atoms with E-state index in [1.807, 2.05) is 0 Å². The maximum atomic E-state index is 11.9. The Morgan fingerprint density at radius 1 is 1.40 bits per heavy atom. The highest BCUT2D eigenvalue weighted by Crippen LogP contribution is 2.16. The highest BCUT2D eigenvalue weighted by molar-refractivity contribution is 7.92. The molecular weight excluding hydrogens is 235 g/mol. The molecule has 0 aromatic rings. The lowest BCUT2D eigenvalue weighted by molar-refractivity contribution is -0.157. The fourth-order valence-corrected chi connectivity index (χ4v) is 1.39. The normalized spacial score (nSPS) is 14.8. The summed E-state index contributed by atoms with van der Waals surface area (Å²) >= 11 is 0. The molecule has 0 bridgehead atoms. The average molecular weight is 247 g/mol. The summed E-state index contributed by atoms with van der Waals surface area (Å²) in [6.07, 6.45) is -3.72.